The van der Waals surface area contributed by atoms with E-state index in [2.05, 4.69) is 10.3 Å². The molecule has 0 bridgehead atoms. The van der Waals surface area contributed by atoms with Gasteiger partial charge in [-0.3, -0.25) is 14.6 Å². The normalized spacial score (nSPS) is 10.9. The number of anilines is 1. The monoisotopic (exact) mass is 491 g/mol. The highest BCUT2D eigenvalue weighted by Gasteiger charge is 2.16. The predicted molar refractivity (Wildman–Crippen MR) is 145 cm³/mol. The highest BCUT2D eigenvalue weighted by Crippen LogP contribution is 2.34. The number of benzene rings is 4. The number of amides is 2. The second-order valence-corrected chi connectivity index (χ2v) is 8.74. The topological polar surface area (TPSA) is 104 Å². The SMILES string of the molecule is COc1cc2nccc(Oc3ccc4c(C(=O)Nc5cccc(C)c5C)cccc4c3)c2cc1C(N)=O. The minimum absolute atomic E-state index is 0.180. The van der Waals surface area contributed by atoms with Crippen LogP contribution in [0.2, 0.25) is 0 Å². The van der Waals surface area contributed by atoms with Crippen LogP contribution < -0.4 is 20.5 Å². The Bertz CT molecular complexity index is 1690. The highest BCUT2D eigenvalue weighted by atomic mass is 16.5. The van der Waals surface area contributed by atoms with Gasteiger partial charge in [0.25, 0.3) is 11.8 Å². The highest BCUT2D eigenvalue weighted by molar-refractivity contribution is 6.13. The van der Waals surface area contributed by atoms with Crippen molar-refractivity contribution < 1.29 is 19.1 Å². The van der Waals surface area contributed by atoms with Crippen molar-refractivity contribution in [3.05, 3.63) is 101 Å². The lowest BCUT2D eigenvalue weighted by Crippen LogP contribution is -2.13. The Morgan fingerprint density at radius 3 is 2.46 bits per heavy atom. The number of pyridine rings is 1. The van der Waals surface area contributed by atoms with Crippen LogP contribution in [0, 0.1) is 13.8 Å². The zero-order valence-electron chi connectivity index (χ0n) is 20.7. The molecule has 37 heavy (non-hydrogen) atoms. The number of nitrogens with one attached hydrogen (secondary N) is 1. The largest absolute Gasteiger partial charge is 0.496 e. The van der Waals surface area contributed by atoms with Crippen LogP contribution in [0.3, 0.4) is 0 Å². The Balaban J connectivity index is 1.49. The number of primary amides is 1. The number of nitrogens with two attached hydrogens (primary N) is 1. The van der Waals surface area contributed by atoms with Crippen LogP contribution in [0.25, 0.3) is 21.7 Å². The molecule has 0 aliphatic carbocycles. The Hall–Kier alpha value is -4.91. The number of methoxy groups -OCH3 is 1. The van der Waals surface area contributed by atoms with Crippen molar-refractivity contribution in [2.45, 2.75) is 13.8 Å². The summed E-state index contributed by atoms with van der Waals surface area (Å²) in [7, 11) is 1.47. The average Bonchev–Trinajstić information content (AvgIpc) is 2.90. The van der Waals surface area contributed by atoms with E-state index in [4.69, 9.17) is 15.2 Å². The average molecular weight is 492 g/mol. The molecule has 0 spiro atoms. The summed E-state index contributed by atoms with van der Waals surface area (Å²) in [5.41, 5.74) is 9.89. The van der Waals surface area contributed by atoms with Crippen LogP contribution in [0.5, 0.6) is 17.2 Å². The third-order valence-corrected chi connectivity index (χ3v) is 6.47. The van der Waals surface area contributed by atoms with Crippen LogP contribution in [-0.4, -0.2) is 23.9 Å². The summed E-state index contributed by atoms with van der Waals surface area (Å²) in [4.78, 5) is 29.4. The van der Waals surface area contributed by atoms with Crippen molar-refractivity contribution in [3.8, 4) is 17.2 Å². The van der Waals surface area contributed by atoms with Gasteiger partial charge in [-0.05, 0) is 78.2 Å². The number of nitrogens with zero attached hydrogens (tertiary/aromatic N) is 1. The van der Waals surface area contributed by atoms with Gasteiger partial charge in [0.1, 0.15) is 17.2 Å². The van der Waals surface area contributed by atoms with Gasteiger partial charge in [-0.1, -0.05) is 24.3 Å². The fourth-order valence-corrected chi connectivity index (χ4v) is 4.33. The molecule has 184 valence electrons. The number of hydrogen-bond acceptors (Lipinski definition) is 5. The van der Waals surface area contributed by atoms with Gasteiger partial charge in [0, 0.05) is 28.9 Å². The van der Waals surface area contributed by atoms with E-state index in [1.807, 2.05) is 62.4 Å². The molecule has 1 aromatic heterocycles. The third kappa shape index (κ3) is 4.54. The van der Waals surface area contributed by atoms with Gasteiger partial charge < -0.3 is 20.5 Å². The lowest BCUT2D eigenvalue weighted by molar-refractivity contribution is 0.0995. The molecule has 7 heteroatoms. The zero-order valence-corrected chi connectivity index (χ0v) is 20.7. The molecule has 0 aliphatic rings. The van der Waals surface area contributed by atoms with Crippen LogP contribution in [0.15, 0.2) is 79.0 Å². The van der Waals surface area contributed by atoms with Crippen LogP contribution >= 0.6 is 0 Å². The molecule has 1 heterocycles. The van der Waals surface area contributed by atoms with Gasteiger partial charge >= 0.3 is 0 Å². The minimum atomic E-state index is -0.606. The maximum Gasteiger partial charge on any atom is 0.256 e. The summed E-state index contributed by atoms with van der Waals surface area (Å²) in [6.45, 7) is 4.00. The molecule has 3 N–H and O–H groups in total. The standard InChI is InChI=1S/C30H25N3O4/c1-17-6-4-9-25(18(17)2)33-30(35)22-8-5-7-19-14-20(10-11-21(19)22)37-27-12-13-32-26-16-28(36-3)24(29(31)34)15-23(26)27/h4-16H,1-3H3,(H2,31,34)(H,33,35). The molecule has 0 atom stereocenters. The van der Waals surface area contributed by atoms with Crippen molar-refractivity contribution >= 4 is 39.2 Å². The third-order valence-electron chi connectivity index (χ3n) is 6.47. The maximum absolute atomic E-state index is 13.2. The Morgan fingerprint density at radius 1 is 0.865 bits per heavy atom. The van der Waals surface area contributed by atoms with E-state index in [-0.39, 0.29) is 11.5 Å². The molecule has 7 nitrogen and oxygen atoms in total. The summed E-state index contributed by atoms with van der Waals surface area (Å²) in [5, 5.41) is 5.31. The van der Waals surface area contributed by atoms with Gasteiger partial charge in [-0.2, -0.15) is 0 Å². The van der Waals surface area contributed by atoms with E-state index in [0.717, 1.165) is 27.6 Å². The Kier molecular flexibility index (Phi) is 6.19. The van der Waals surface area contributed by atoms with Crippen molar-refractivity contribution in [1.82, 2.24) is 4.98 Å². The number of ether oxygens (including phenoxy) is 2. The van der Waals surface area contributed by atoms with E-state index >= 15 is 0 Å². The second-order valence-electron chi connectivity index (χ2n) is 8.74. The van der Waals surface area contributed by atoms with Gasteiger partial charge in [0.2, 0.25) is 0 Å². The number of carbonyl (C=O) groups is 2. The molecule has 0 aliphatic heterocycles. The lowest BCUT2D eigenvalue weighted by Gasteiger charge is -2.14. The first-order valence-corrected chi connectivity index (χ1v) is 11.7. The molecule has 5 rings (SSSR count). The fraction of sp³-hybridized carbons (Fsp3) is 0.100. The minimum Gasteiger partial charge on any atom is -0.496 e. The first-order chi connectivity index (χ1) is 17.9. The number of carbonyl (C=O) groups excluding carboxylic acids is 2. The summed E-state index contributed by atoms with van der Waals surface area (Å²) < 4.78 is 11.5. The predicted octanol–water partition coefficient (Wildman–Crippen LogP) is 6.16. The number of aryl methyl sites for hydroxylation is 1. The molecule has 2 amide bonds. The Morgan fingerprint density at radius 2 is 1.68 bits per heavy atom. The first-order valence-electron chi connectivity index (χ1n) is 11.7. The molecule has 0 saturated carbocycles. The van der Waals surface area contributed by atoms with Crippen LogP contribution in [-0.2, 0) is 0 Å². The summed E-state index contributed by atoms with van der Waals surface area (Å²) >= 11 is 0. The molecule has 0 unspecified atom stereocenters. The molecule has 5 aromatic rings. The van der Waals surface area contributed by atoms with Crippen molar-refractivity contribution in [2.24, 2.45) is 5.73 Å². The van der Waals surface area contributed by atoms with Crippen LogP contribution in [0.4, 0.5) is 5.69 Å². The molecule has 0 fully saturated rings. The van der Waals surface area contributed by atoms with E-state index in [0.29, 0.717) is 33.7 Å². The van der Waals surface area contributed by atoms with E-state index in [9.17, 15) is 9.59 Å². The number of fused-ring (bicyclic) bond motifs is 2. The molecule has 0 radical (unpaired) electrons. The molecule has 4 aromatic carbocycles. The first kappa shape index (κ1) is 23.8. The van der Waals surface area contributed by atoms with E-state index in [1.54, 1.807) is 30.5 Å². The van der Waals surface area contributed by atoms with Gasteiger partial charge in [0.05, 0.1) is 18.2 Å². The van der Waals surface area contributed by atoms with Crippen molar-refractivity contribution in [2.75, 3.05) is 12.4 Å². The second kappa shape index (κ2) is 9.62. The lowest BCUT2D eigenvalue weighted by atomic mass is 10.0. The van der Waals surface area contributed by atoms with Gasteiger partial charge in [-0.25, -0.2) is 0 Å². The summed E-state index contributed by atoms with van der Waals surface area (Å²) in [6, 6.07) is 22.0. The van der Waals surface area contributed by atoms with E-state index < -0.39 is 5.91 Å². The summed E-state index contributed by atoms with van der Waals surface area (Å²) in [6.07, 6.45) is 1.62. The number of rotatable bonds is 6. The van der Waals surface area contributed by atoms with Gasteiger partial charge in [0.15, 0.2) is 0 Å². The zero-order chi connectivity index (χ0) is 26.1. The van der Waals surface area contributed by atoms with Gasteiger partial charge in [-0.15, -0.1) is 0 Å². The van der Waals surface area contributed by atoms with Crippen molar-refractivity contribution in [1.29, 1.82) is 0 Å². The number of hydrogen-bond donors (Lipinski definition) is 2. The molecular formula is C30H25N3O4. The quantitative estimate of drug-likeness (QED) is 0.296. The molecular weight excluding hydrogens is 466 g/mol. The van der Waals surface area contributed by atoms with E-state index in [1.165, 1.54) is 7.11 Å². The van der Waals surface area contributed by atoms with Crippen molar-refractivity contribution in [3.63, 3.8) is 0 Å². The smallest absolute Gasteiger partial charge is 0.256 e. The molecule has 0 saturated heterocycles. The summed E-state index contributed by atoms with van der Waals surface area (Å²) in [5.74, 6) is 0.649. The maximum atomic E-state index is 13.2. The van der Waals surface area contributed by atoms with Crippen LogP contribution in [0.1, 0.15) is 31.8 Å². The fourth-order valence-electron chi connectivity index (χ4n) is 4.33. The number of aromatic nitrogens is 1. The Labute approximate surface area is 213 Å².